The van der Waals surface area contributed by atoms with Crippen LogP contribution in [0.25, 0.3) is 5.57 Å². The highest BCUT2D eigenvalue weighted by molar-refractivity contribution is 6.30. The molecule has 0 aromatic heterocycles. The Balaban J connectivity index is 1.79. The second-order valence-corrected chi connectivity index (χ2v) is 7.95. The van der Waals surface area contributed by atoms with Crippen molar-refractivity contribution in [2.75, 3.05) is 6.61 Å². The second-order valence-electron chi connectivity index (χ2n) is 7.52. The Bertz CT molecular complexity index is 980. The number of rotatable bonds is 7. The van der Waals surface area contributed by atoms with E-state index in [1.807, 2.05) is 50.2 Å². The summed E-state index contributed by atoms with van der Waals surface area (Å²) in [7, 11) is 0. The zero-order valence-electron chi connectivity index (χ0n) is 16.8. The molecule has 0 bridgehead atoms. The average Bonchev–Trinajstić information content (AvgIpc) is 3.12. The molecule has 1 aliphatic rings. The number of benzene rings is 2. The van der Waals surface area contributed by atoms with Crippen LogP contribution < -0.4 is 4.74 Å². The van der Waals surface area contributed by atoms with Gasteiger partial charge in [0.1, 0.15) is 12.4 Å². The van der Waals surface area contributed by atoms with Crippen LogP contribution in [0, 0.1) is 32.1 Å². The normalized spacial score (nSPS) is 16.0. The summed E-state index contributed by atoms with van der Waals surface area (Å²) < 4.78 is 6.18. The summed E-state index contributed by atoms with van der Waals surface area (Å²) in [5.74, 6) is 3.12. The van der Waals surface area contributed by atoms with Gasteiger partial charge in [-0.15, -0.1) is 12.3 Å². The maximum atomic E-state index is 10.9. The van der Waals surface area contributed by atoms with E-state index in [0.717, 1.165) is 40.8 Å². The Kier molecular flexibility index (Phi) is 6.67. The van der Waals surface area contributed by atoms with Crippen LogP contribution in [0.3, 0.4) is 0 Å². The lowest BCUT2D eigenvalue weighted by Crippen LogP contribution is -2.05. The first-order chi connectivity index (χ1) is 13.9. The molecule has 1 atom stereocenters. The standard InChI is InChI=1S/C25H25ClO3/c1-4-18-13-21(23(14-18)20-5-9-22(26)10-6-20)15-29-24-11-7-19(8-12-25(27)28)16(2)17(24)3/h1,5-7,9-11,18H,8,12-15H2,2-3H3,(H,27,28). The molecule has 2 aromatic carbocycles. The average molecular weight is 409 g/mol. The molecule has 0 saturated heterocycles. The minimum absolute atomic E-state index is 0.130. The van der Waals surface area contributed by atoms with Crippen LogP contribution in [-0.2, 0) is 11.2 Å². The predicted octanol–water partition coefficient (Wildman–Crippen LogP) is 5.85. The topological polar surface area (TPSA) is 46.5 Å². The van der Waals surface area contributed by atoms with Crippen molar-refractivity contribution in [2.24, 2.45) is 5.92 Å². The molecule has 1 N–H and O–H groups in total. The first-order valence-electron chi connectivity index (χ1n) is 9.75. The van der Waals surface area contributed by atoms with Gasteiger partial charge >= 0.3 is 5.97 Å². The quantitative estimate of drug-likeness (QED) is 0.584. The van der Waals surface area contributed by atoms with Crippen LogP contribution in [-0.4, -0.2) is 17.7 Å². The third kappa shape index (κ3) is 5.02. The number of aryl methyl sites for hydroxylation is 1. The summed E-state index contributed by atoms with van der Waals surface area (Å²) in [5.41, 5.74) is 6.80. The van der Waals surface area contributed by atoms with Gasteiger partial charge in [-0.2, -0.15) is 0 Å². The molecule has 1 aliphatic carbocycles. The lowest BCUT2D eigenvalue weighted by Gasteiger charge is -2.15. The number of allylic oxidation sites excluding steroid dienone is 1. The van der Waals surface area contributed by atoms with Gasteiger partial charge in [0.15, 0.2) is 0 Å². The van der Waals surface area contributed by atoms with Crippen molar-refractivity contribution in [2.45, 2.75) is 39.5 Å². The third-order valence-corrected chi connectivity index (χ3v) is 5.91. The first-order valence-corrected chi connectivity index (χ1v) is 10.1. The van der Waals surface area contributed by atoms with E-state index in [9.17, 15) is 4.79 Å². The van der Waals surface area contributed by atoms with Gasteiger partial charge in [-0.3, -0.25) is 4.79 Å². The molecule has 0 aliphatic heterocycles. The van der Waals surface area contributed by atoms with Crippen molar-refractivity contribution in [1.82, 2.24) is 0 Å². The van der Waals surface area contributed by atoms with Crippen molar-refractivity contribution in [3.63, 3.8) is 0 Å². The summed E-state index contributed by atoms with van der Waals surface area (Å²) in [5, 5.41) is 9.64. The van der Waals surface area contributed by atoms with Crippen LogP contribution in [0.1, 0.15) is 41.5 Å². The largest absolute Gasteiger partial charge is 0.489 e. The summed E-state index contributed by atoms with van der Waals surface area (Å²) in [6, 6.07) is 11.8. The van der Waals surface area contributed by atoms with Crippen molar-refractivity contribution in [3.05, 3.63) is 69.2 Å². The molecule has 0 amide bonds. The lowest BCUT2D eigenvalue weighted by atomic mass is 9.99. The molecule has 0 heterocycles. The minimum Gasteiger partial charge on any atom is -0.489 e. The number of hydrogen-bond acceptors (Lipinski definition) is 2. The maximum absolute atomic E-state index is 10.9. The molecule has 3 rings (SSSR count). The smallest absolute Gasteiger partial charge is 0.303 e. The van der Waals surface area contributed by atoms with Crippen molar-refractivity contribution in [3.8, 4) is 18.1 Å². The second kappa shape index (κ2) is 9.20. The van der Waals surface area contributed by atoms with Gasteiger partial charge in [-0.05, 0) is 84.7 Å². The van der Waals surface area contributed by atoms with E-state index in [4.69, 9.17) is 27.9 Å². The summed E-state index contributed by atoms with van der Waals surface area (Å²) in [4.78, 5) is 10.9. The number of carbonyl (C=O) groups is 1. The first kappa shape index (κ1) is 21.0. The van der Waals surface area contributed by atoms with Gasteiger partial charge in [0.2, 0.25) is 0 Å². The summed E-state index contributed by atoms with van der Waals surface area (Å²) in [6.45, 7) is 4.52. The molecule has 29 heavy (non-hydrogen) atoms. The Hall–Kier alpha value is -2.70. The predicted molar refractivity (Wildman–Crippen MR) is 117 cm³/mol. The zero-order chi connectivity index (χ0) is 21.0. The van der Waals surface area contributed by atoms with Gasteiger partial charge in [-0.25, -0.2) is 0 Å². The fraction of sp³-hybridized carbons (Fsp3) is 0.320. The minimum atomic E-state index is -0.784. The lowest BCUT2D eigenvalue weighted by molar-refractivity contribution is -0.136. The van der Waals surface area contributed by atoms with E-state index >= 15 is 0 Å². The molecule has 2 aromatic rings. The number of aliphatic carboxylic acids is 1. The highest BCUT2D eigenvalue weighted by Crippen LogP contribution is 2.38. The monoisotopic (exact) mass is 408 g/mol. The molecule has 1 unspecified atom stereocenters. The Morgan fingerprint density at radius 1 is 1.17 bits per heavy atom. The molecule has 0 spiro atoms. The number of hydrogen-bond donors (Lipinski definition) is 1. The third-order valence-electron chi connectivity index (χ3n) is 5.66. The molecule has 0 fully saturated rings. The fourth-order valence-electron chi connectivity index (χ4n) is 3.81. The molecule has 150 valence electrons. The Morgan fingerprint density at radius 3 is 2.55 bits per heavy atom. The molecule has 3 nitrogen and oxygen atoms in total. The molecule has 0 radical (unpaired) electrons. The summed E-state index contributed by atoms with van der Waals surface area (Å²) >= 11 is 6.03. The van der Waals surface area contributed by atoms with Crippen LogP contribution in [0.15, 0.2) is 42.0 Å². The van der Waals surface area contributed by atoms with E-state index in [-0.39, 0.29) is 12.3 Å². The van der Waals surface area contributed by atoms with Gasteiger partial charge in [0.05, 0.1) is 0 Å². The highest BCUT2D eigenvalue weighted by Gasteiger charge is 2.24. The van der Waals surface area contributed by atoms with Crippen LogP contribution in [0.4, 0.5) is 0 Å². The van der Waals surface area contributed by atoms with E-state index in [1.54, 1.807) is 0 Å². The van der Waals surface area contributed by atoms with Gasteiger partial charge in [0.25, 0.3) is 0 Å². The van der Waals surface area contributed by atoms with Crippen molar-refractivity contribution in [1.29, 1.82) is 0 Å². The molecular formula is C25H25ClO3. The number of terminal acetylenes is 1. The number of carboxylic acid groups (broad SMARTS) is 1. The molecule has 0 saturated carbocycles. The van der Waals surface area contributed by atoms with Gasteiger partial charge < -0.3 is 9.84 Å². The van der Waals surface area contributed by atoms with E-state index < -0.39 is 5.97 Å². The fourth-order valence-corrected chi connectivity index (χ4v) is 3.93. The number of carboxylic acids is 1. The van der Waals surface area contributed by atoms with E-state index in [2.05, 4.69) is 5.92 Å². The van der Waals surface area contributed by atoms with Crippen LogP contribution >= 0.6 is 11.6 Å². The maximum Gasteiger partial charge on any atom is 0.303 e. The molecular weight excluding hydrogens is 384 g/mol. The zero-order valence-corrected chi connectivity index (χ0v) is 17.6. The summed E-state index contributed by atoms with van der Waals surface area (Å²) in [6.07, 6.45) is 8.04. The van der Waals surface area contributed by atoms with E-state index in [0.29, 0.717) is 18.1 Å². The van der Waals surface area contributed by atoms with Crippen molar-refractivity contribution >= 4 is 23.1 Å². The van der Waals surface area contributed by atoms with Crippen molar-refractivity contribution < 1.29 is 14.6 Å². The number of halogens is 1. The van der Waals surface area contributed by atoms with Crippen LogP contribution in [0.5, 0.6) is 5.75 Å². The number of ether oxygens (including phenoxy) is 1. The highest BCUT2D eigenvalue weighted by atomic mass is 35.5. The molecule has 4 heteroatoms. The van der Waals surface area contributed by atoms with Gasteiger partial charge in [0, 0.05) is 17.4 Å². The van der Waals surface area contributed by atoms with Gasteiger partial charge in [-0.1, -0.05) is 29.8 Å². The SMILES string of the molecule is C#CC1CC(COc2ccc(CCC(=O)O)c(C)c2C)=C(c2ccc(Cl)cc2)C1. The van der Waals surface area contributed by atoms with E-state index in [1.165, 1.54) is 11.1 Å². The Morgan fingerprint density at radius 2 is 1.90 bits per heavy atom. The Labute approximate surface area is 177 Å². The van der Waals surface area contributed by atoms with Crippen LogP contribution in [0.2, 0.25) is 5.02 Å².